The van der Waals surface area contributed by atoms with Crippen molar-refractivity contribution in [3.63, 3.8) is 0 Å². The van der Waals surface area contributed by atoms with Gasteiger partial charge in [-0.15, -0.1) is 0 Å². The lowest BCUT2D eigenvalue weighted by Gasteiger charge is -2.18. The van der Waals surface area contributed by atoms with Gasteiger partial charge in [0.25, 0.3) is 0 Å². The highest BCUT2D eigenvalue weighted by molar-refractivity contribution is 5.97. The predicted octanol–water partition coefficient (Wildman–Crippen LogP) is 3.60. The number of methoxy groups -OCH3 is 1. The number of anilines is 2. The minimum atomic E-state index is -0.399. The summed E-state index contributed by atoms with van der Waals surface area (Å²) in [6.45, 7) is 8.47. The molecule has 1 unspecified atom stereocenters. The van der Waals surface area contributed by atoms with Crippen molar-refractivity contribution in [1.82, 2.24) is 0 Å². The van der Waals surface area contributed by atoms with Gasteiger partial charge in [0.05, 0.1) is 12.7 Å². The summed E-state index contributed by atoms with van der Waals surface area (Å²) in [6.07, 6.45) is 2.26. The minimum Gasteiger partial charge on any atom is -0.465 e. The SMILES string of the molecule is COC(=O)c1cc(NC(C)CCC(C)C)cc(C)c1N. The number of ether oxygens (including phenoxy) is 1. The first kappa shape index (κ1) is 16.3. The minimum absolute atomic E-state index is 0.353. The van der Waals surface area contributed by atoms with Crippen LogP contribution in [0.15, 0.2) is 12.1 Å². The molecule has 0 amide bonds. The quantitative estimate of drug-likeness (QED) is 0.616. The average molecular weight is 278 g/mol. The molecule has 4 nitrogen and oxygen atoms in total. The van der Waals surface area contributed by atoms with Gasteiger partial charge in [0.1, 0.15) is 0 Å². The molecular weight excluding hydrogens is 252 g/mol. The number of nitrogen functional groups attached to an aromatic ring is 1. The van der Waals surface area contributed by atoms with Crippen molar-refractivity contribution in [2.75, 3.05) is 18.2 Å². The lowest BCUT2D eigenvalue weighted by atomic mass is 10.0. The van der Waals surface area contributed by atoms with Crippen LogP contribution in [0.3, 0.4) is 0 Å². The van der Waals surface area contributed by atoms with Crippen molar-refractivity contribution >= 4 is 17.3 Å². The van der Waals surface area contributed by atoms with Crippen molar-refractivity contribution in [2.45, 2.75) is 46.6 Å². The van der Waals surface area contributed by atoms with E-state index >= 15 is 0 Å². The monoisotopic (exact) mass is 278 g/mol. The third-order valence-corrected chi connectivity index (χ3v) is 3.38. The number of benzene rings is 1. The Balaban J connectivity index is 2.86. The van der Waals surface area contributed by atoms with Crippen LogP contribution >= 0.6 is 0 Å². The molecule has 0 bridgehead atoms. The number of esters is 1. The summed E-state index contributed by atoms with van der Waals surface area (Å²) >= 11 is 0. The number of nitrogens with one attached hydrogen (secondary N) is 1. The summed E-state index contributed by atoms with van der Waals surface area (Å²) in [4.78, 5) is 11.7. The summed E-state index contributed by atoms with van der Waals surface area (Å²) in [7, 11) is 1.36. The molecular formula is C16H26N2O2. The lowest BCUT2D eigenvalue weighted by Crippen LogP contribution is -2.17. The van der Waals surface area contributed by atoms with Crippen LogP contribution in [0, 0.1) is 12.8 Å². The molecule has 0 heterocycles. The Morgan fingerprint density at radius 2 is 1.95 bits per heavy atom. The molecule has 4 heteroatoms. The molecule has 0 radical (unpaired) electrons. The molecule has 20 heavy (non-hydrogen) atoms. The zero-order valence-electron chi connectivity index (χ0n) is 13.1. The molecule has 1 aromatic rings. The van der Waals surface area contributed by atoms with Crippen LogP contribution in [0.25, 0.3) is 0 Å². The van der Waals surface area contributed by atoms with Gasteiger partial charge in [-0.3, -0.25) is 0 Å². The van der Waals surface area contributed by atoms with Gasteiger partial charge < -0.3 is 15.8 Å². The molecule has 0 saturated carbocycles. The Morgan fingerprint density at radius 1 is 1.30 bits per heavy atom. The van der Waals surface area contributed by atoms with Crippen molar-refractivity contribution in [3.8, 4) is 0 Å². The summed E-state index contributed by atoms with van der Waals surface area (Å²) in [5.41, 5.74) is 8.63. The highest BCUT2D eigenvalue weighted by Gasteiger charge is 2.14. The Morgan fingerprint density at radius 3 is 2.50 bits per heavy atom. The fourth-order valence-electron chi connectivity index (χ4n) is 2.10. The summed E-state index contributed by atoms with van der Waals surface area (Å²) < 4.78 is 4.76. The standard InChI is InChI=1S/C16H26N2O2/c1-10(2)6-7-12(4)18-13-8-11(3)15(17)14(9-13)16(19)20-5/h8-10,12,18H,6-7,17H2,1-5H3. The van der Waals surface area contributed by atoms with Crippen LogP contribution < -0.4 is 11.1 Å². The highest BCUT2D eigenvalue weighted by atomic mass is 16.5. The van der Waals surface area contributed by atoms with Crippen molar-refractivity contribution in [2.24, 2.45) is 5.92 Å². The topological polar surface area (TPSA) is 64.3 Å². The van der Waals surface area contributed by atoms with E-state index in [1.54, 1.807) is 6.07 Å². The summed E-state index contributed by atoms with van der Waals surface area (Å²) in [5, 5.41) is 3.42. The van der Waals surface area contributed by atoms with Gasteiger partial charge in [-0.2, -0.15) is 0 Å². The van der Waals surface area contributed by atoms with Crippen LogP contribution in [0.2, 0.25) is 0 Å². The molecule has 0 aliphatic rings. The van der Waals surface area contributed by atoms with E-state index in [1.165, 1.54) is 13.5 Å². The van der Waals surface area contributed by atoms with E-state index in [-0.39, 0.29) is 0 Å². The Labute approximate surface area is 121 Å². The maximum absolute atomic E-state index is 11.7. The largest absolute Gasteiger partial charge is 0.465 e. The third-order valence-electron chi connectivity index (χ3n) is 3.38. The van der Waals surface area contributed by atoms with Gasteiger partial charge in [-0.1, -0.05) is 13.8 Å². The molecule has 1 atom stereocenters. The van der Waals surface area contributed by atoms with E-state index in [9.17, 15) is 4.79 Å². The van der Waals surface area contributed by atoms with Crippen LogP contribution in [-0.4, -0.2) is 19.1 Å². The van der Waals surface area contributed by atoms with E-state index in [2.05, 4.69) is 26.1 Å². The van der Waals surface area contributed by atoms with Crippen LogP contribution in [0.5, 0.6) is 0 Å². The van der Waals surface area contributed by atoms with E-state index in [0.29, 0.717) is 23.2 Å². The molecule has 1 rings (SSSR count). The van der Waals surface area contributed by atoms with E-state index < -0.39 is 5.97 Å². The van der Waals surface area contributed by atoms with Crippen molar-refractivity contribution < 1.29 is 9.53 Å². The summed E-state index contributed by atoms with van der Waals surface area (Å²) in [5.74, 6) is 0.294. The van der Waals surface area contributed by atoms with E-state index in [4.69, 9.17) is 10.5 Å². The van der Waals surface area contributed by atoms with Crippen LogP contribution in [-0.2, 0) is 4.74 Å². The fourth-order valence-corrected chi connectivity index (χ4v) is 2.10. The molecule has 1 aromatic carbocycles. The number of carbonyl (C=O) groups excluding carboxylic acids is 1. The van der Waals surface area contributed by atoms with Crippen LogP contribution in [0.1, 0.15) is 49.5 Å². The van der Waals surface area contributed by atoms with Crippen LogP contribution in [0.4, 0.5) is 11.4 Å². The summed E-state index contributed by atoms with van der Waals surface area (Å²) in [6, 6.07) is 4.08. The highest BCUT2D eigenvalue weighted by Crippen LogP contribution is 2.24. The number of carbonyl (C=O) groups is 1. The Bertz CT molecular complexity index is 470. The molecule has 0 aromatic heterocycles. The maximum Gasteiger partial charge on any atom is 0.340 e. The van der Waals surface area contributed by atoms with Gasteiger partial charge in [-0.25, -0.2) is 4.79 Å². The predicted molar refractivity (Wildman–Crippen MR) is 84.1 cm³/mol. The van der Waals surface area contributed by atoms with Gasteiger partial charge >= 0.3 is 5.97 Å². The molecule has 0 aliphatic carbocycles. The second kappa shape index (κ2) is 7.17. The van der Waals surface area contributed by atoms with Gasteiger partial charge in [0.2, 0.25) is 0 Å². The first-order valence-corrected chi connectivity index (χ1v) is 7.10. The maximum atomic E-state index is 11.7. The lowest BCUT2D eigenvalue weighted by molar-refractivity contribution is 0.0602. The zero-order valence-corrected chi connectivity index (χ0v) is 13.1. The Hall–Kier alpha value is -1.71. The number of hydrogen-bond donors (Lipinski definition) is 2. The van der Waals surface area contributed by atoms with Gasteiger partial charge in [0, 0.05) is 17.4 Å². The molecule has 0 aliphatic heterocycles. The smallest absolute Gasteiger partial charge is 0.340 e. The third kappa shape index (κ3) is 4.44. The number of rotatable bonds is 6. The normalized spacial score (nSPS) is 12.3. The first-order chi connectivity index (χ1) is 9.35. The van der Waals surface area contributed by atoms with Gasteiger partial charge in [-0.05, 0) is 50.3 Å². The molecule has 112 valence electrons. The Kier molecular flexibility index (Phi) is 5.86. The van der Waals surface area contributed by atoms with E-state index in [0.717, 1.165) is 17.7 Å². The van der Waals surface area contributed by atoms with Crippen molar-refractivity contribution in [3.05, 3.63) is 23.3 Å². The molecule has 0 saturated heterocycles. The zero-order chi connectivity index (χ0) is 15.3. The van der Waals surface area contributed by atoms with Gasteiger partial charge in [0.15, 0.2) is 0 Å². The first-order valence-electron chi connectivity index (χ1n) is 7.10. The second-order valence-electron chi connectivity index (χ2n) is 5.76. The van der Waals surface area contributed by atoms with Crippen molar-refractivity contribution in [1.29, 1.82) is 0 Å². The number of nitrogens with two attached hydrogens (primary N) is 1. The number of hydrogen-bond acceptors (Lipinski definition) is 4. The average Bonchev–Trinajstić information content (AvgIpc) is 2.39. The number of aryl methyl sites for hydroxylation is 1. The molecule has 0 fully saturated rings. The fraction of sp³-hybridized carbons (Fsp3) is 0.562. The second-order valence-corrected chi connectivity index (χ2v) is 5.76. The van der Waals surface area contributed by atoms with E-state index in [1.807, 2.05) is 13.0 Å². The molecule has 3 N–H and O–H groups in total. The molecule has 0 spiro atoms.